The van der Waals surface area contributed by atoms with Crippen molar-refractivity contribution in [1.82, 2.24) is 4.98 Å². The van der Waals surface area contributed by atoms with Gasteiger partial charge in [0.15, 0.2) is 5.13 Å². The Morgan fingerprint density at radius 2 is 2.32 bits per heavy atom. The van der Waals surface area contributed by atoms with Crippen molar-refractivity contribution in [2.24, 2.45) is 0 Å². The van der Waals surface area contributed by atoms with Crippen molar-refractivity contribution in [2.75, 3.05) is 12.4 Å². The van der Waals surface area contributed by atoms with E-state index in [0.29, 0.717) is 5.13 Å². The number of methoxy groups -OCH3 is 1. The molecule has 0 unspecified atom stereocenters. The SMILES string of the molecule is COc1ccc(Br)c2c1-c1nc(NC(C)=O)sc1C2. The maximum atomic E-state index is 11.1. The van der Waals surface area contributed by atoms with E-state index in [4.69, 9.17) is 4.74 Å². The molecule has 6 heteroatoms. The van der Waals surface area contributed by atoms with Crippen LogP contribution in [0.2, 0.25) is 0 Å². The molecule has 0 spiro atoms. The van der Waals surface area contributed by atoms with E-state index in [1.54, 1.807) is 7.11 Å². The molecule has 1 aliphatic rings. The van der Waals surface area contributed by atoms with Gasteiger partial charge >= 0.3 is 0 Å². The van der Waals surface area contributed by atoms with Crippen LogP contribution in [0.5, 0.6) is 5.75 Å². The lowest BCUT2D eigenvalue weighted by molar-refractivity contribution is -0.114. The summed E-state index contributed by atoms with van der Waals surface area (Å²) in [6.07, 6.45) is 0.819. The highest BCUT2D eigenvalue weighted by molar-refractivity contribution is 9.10. The van der Waals surface area contributed by atoms with E-state index in [0.717, 1.165) is 32.8 Å². The molecular formula is C13H11BrN2O2S. The van der Waals surface area contributed by atoms with Crippen LogP contribution in [0.3, 0.4) is 0 Å². The van der Waals surface area contributed by atoms with Gasteiger partial charge in [0.05, 0.1) is 12.8 Å². The molecule has 1 N–H and O–H groups in total. The fourth-order valence-electron chi connectivity index (χ4n) is 2.23. The molecule has 1 aromatic heterocycles. The molecule has 0 saturated heterocycles. The van der Waals surface area contributed by atoms with Crippen LogP contribution in [0.1, 0.15) is 17.4 Å². The Kier molecular flexibility index (Phi) is 3.06. The van der Waals surface area contributed by atoms with Crippen LogP contribution < -0.4 is 10.1 Å². The number of benzene rings is 1. The molecular weight excluding hydrogens is 328 g/mol. The van der Waals surface area contributed by atoms with Crippen molar-refractivity contribution in [3.05, 3.63) is 27.0 Å². The van der Waals surface area contributed by atoms with Crippen LogP contribution in [0, 0.1) is 0 Å². The van der Waals surface area contributed by atoms with Gasteiger partial charge < -0.3 is 10.1 Å². The monoisotopic (exact) mass is 338 g/mol. The van der Waals surface area contributed by atoms with Gasteiger partial charge in [0, 0.05) is 28.3 Å². The number of nitrogens with one attached hydrogen (secondary N) is 1. The summed E-state index contributed by atoms with van der Waals surface area (Å²) in [5, 5.41) is 3.38. The molecule has 0 saturated carbocycles. The third kappa shape index (κ3) is 2.04. The van der Waals surface area contributed by atoms with Gasteiger partial charge in [0.1, 0.15) is 5.75 Å². The van der Waals surface area contributed by atoms with Crippen LogP contribution in [-0.2, 0) is 11.2 Å². The number of ether oxygens (including phenoxy) is 1. The standard InChI is InChI=1S/C13H11BrN2O2S/c1-6(17)15-13-16-12-10(19-13)5-7-8(14)3-4-9(18-2)11(7)12/h3-4H,5H2,1-2H3,(H,15,16,17). The summed E-state index contributed by atoms with van der Waals surface area (Å²) in [5.41, 5.74) is 3.14. The highest BCUT2D eigenvalue weighted by Crippen LogP contribution is 2.47. The fourth-order valence-corrected chi connectivity index (χ4v) is 3.73. The maximum Gasteiger partial charge on any atom is 0.223 e. The second-order valence-corrected chi connectivity index (χ2v) is 6.19. The molecule has 0 aliphatic heterocycles. The summed E-state index contributed by atoms with van der Waals surface area (Å²) < 4.78 is 6.48. The fraction of sp³-hybridized carbons (Fsp3) is 0.231. The first-order valence-electron chi connectivity index (χ1n) is 5.73. The number of hydrogen-bond donors (Lipinski definition) is 1. The number of fused-ring (bicyclic) bond motifs is 3. The Bertz CT molecular complexity index is 682. The van der Waals surface area contributed by atoms with Crippen molar-refractivity contribution < 1.29 is 9.53 Å². The van der Waals surface area contributed by atoms with Crippen molar-refractivity contribution in [3.8, 4) is 17.0 Å². The Balaban J connectivity index is 2.12. The number of nitrogens with zero attached hydrogens (tertiary/aromatic N) is 1. The minimum atomic E-state index is -0.103. The van der Waals surface area contributed by atoms with Crippen LogP contribution >= 0.6 is 27.3 Å². The highest BCUT2D eigenvalue weighted by atomic mass is 79.9. The van der Waals surface area contributed by atoms with Gasteiger partial charge in [-0.2, -0.15) is 0 Å². The summed E-state index contributed by atoms with van der Waals surface area (Å²) in [6.45, 7) is 1.48. The van der Waals surface area contributed by atoms with E-state index in [-0.39, 0.29) is 5.91 Å². The molecule has 0 atom stereocenters. The summed E-state index contributed by atoms with van der Waals surface area (Å²) in [7, 11) is 1.66. The molecule has 1 heterocycles. The van der Waals surface area contributed by atoms with E-state index in [1.165, 1.54) is 23.8 Å². The van der Waals surface area contributed by atoms with E-state index in [9.17, 15) is 4.79 Å². The zero-order chi connectivity index (χ0) is 13.6. The van der Waals surface area contributed by atoms with E-state index < -0.39 is 0 Å². The van der Waals surface area contributed by atoms with Crippen molar-refractivity contribution >= 4 is 38.3 Å². The second-order valence-electron chi connectivity index (χ2n) is 4.25. The Labute approximate surface area is 122 Å². The zero-order valence-electron chi connectivity index (χ0n) is 10.4. The largest absolute Gasteiger partial charge is 0.496 e. The molecule has 0 bridgehead atoms. The molecule has 1 amide bonds. The summed E-state index contributed by atoms with van der Waals surface area (Å²) in [6, 6.07) is 3.92. The number of amides is 1. The molecule has 1 aromatic carbocycles. The molecule has 1 aliphatic carbocycles. The number of rotatable bonds is 2. The number of thiazole rings is 1. The minimum absolute atomic E-state index is 0.103. The maximum absolute atomic E-state index is 11.1. The summed E-state index contributed by atoms with van der Waals surface area (Å²) in [5.74, 6) is 0.713. The normalized spacial score (nSPS) is 11.9. The Morgan fingerprint density at radius 3 is 3.00 bits per heavy atom. The van der Waals surface area contributed by atoms with Crippen molar-refractivity contribution in [2.45, 2.75) is 13.3 Å². The number of carbonyl (C=O) groups excluding carboxylic acids is 1. The van der Waals surface area contributed by atoms with Crippen LogP contribution in [0.25, 0.3) is 11.3 Å². The quantitative estimate of drug-likeness (QED) is 0.778. The summed E-state index contributed by atoms with van der Waals surface area (Å²) >= 11 is 5.08. The van der Waals surface area contributed by atoms with Gasteiger partial charge in [-0.05, 0) is 17.7 Å². The first-order chi connectivity index (χ1) is 9.10. The molecule has 0 radical (unpaired) electrons. The van der Waals surface area contributed by atoms with Gasteiger partial charge in [0.2, 0.25) is 5.91 Å². The average Bonchev–Trinajstić information content (AvgIpc) is 2.87. The minimum Gasteiger partial charge on any atom is -0.496 e. The van der Waals surface area contributed by atoms with Gasteiger partial charge in [0.25, 0.3) is 0 Å². The number of carbonyl (C=O) groups is 1. The highest BCUT2D eigenvalue weighted by Gasteiger charge is 2.28. The second kappa shape index (κ2) is 4.61. The lowest BCUT2D eigenvalue weighted by atomic mass is 10.1. The van der Waals surface area contributed by atoms with E-state index >= 15 is 0 Å². The molecule has 19 heavy (non-hydrogen) atoms. The molecule has 3 rings (SSSR count). The van der Waals surface area contributed by atoms with Crippen LogP contribution in [0.4, 0.5) is 5.13 Å². The van der Waals surface area contributed by atoms with Gasteiger partial charge in [-0.3, -0.25) is 4.79 Å². The summed E-state index contributed by atoms with van der Waals surface area (Å²) in [4.78, 5) is 16.8. The van der Waals surface area contributed by atoms with E-state index in [1.807, 2.05) is 12.1 Å². The Hall–Kier alpha value is -1.40. The number of halogens is 1. The lowest BCUT2D eigenvalue weighted by Crippen LogP contribution is -2.05. The predicted octanol–water partition coefficient (Wildman–Crippen LogP) is 3.44. The van der Waals surface area contributed by atoms with Gasteiger partial charge in [-0.15, -0.1) is 11.3 Å². The topological polar surface area (TPSA) is 51.2 Å². The van der Waals surface area contributed by atoms with E-state index in [2.05, 4.69) is 26.2 Å². The average molecular weight is 339 g/mol. The van der Waals surface area contributed by atoms with Gasteiger partial charge in [-0.1, -0.05) is 15.9 Å². The smallest absolute Gasteiger partial charge is 0.223 e. The molecule has 2 aromatic rings. The first kappa shape index (κ1) is 12.6. The number of aromatic nitrogens is 1. The van der Waals surface area contributed by atoms with Gasteiger partial charge in [-0.25, -0.2) is 4.98 Å². The van der Waals surface area contributed by atoms with Crippen LogP contribution in [0.15, 0.2) is 16.6 Å². The predicted molar refractivity (Wildman–Crippen MR) is 78.9 cm³/mol. The number of anilines is 1. The van der Waals surface area contributed by atoms with Crippen molar-refractivity contribution in [3.63, 3.8) is 0 Å². The molecule has 98 valence electrons. The molecule has 0 fully saturated rings. The first-order valence-corrected chi connectivity index (χ1v) is 7.34. The van der Waals surface area contributed by atoms with Crippen molar-refractivity contribution in [1.29, 1.82) is 0 Å². The lowest BCUT2D eigenvalue weighted by Gasteiger charge is -2.08. The Morgan fingerprint density at radius 1 is 1.53 bits per heavy atom. The third-order valence-electron chi connectivity index (χ3n) is 2.99. The third-order valence-corrected chi connectivity index (χ3v) is 4.71. The molecule has 4 nitrogen and oxygen atoms in total. The number of hydrogen-bond acceptors (Lipinski definition) is 4. The zero-order valence-corrected chi connectivity index (χ0v) is 12.8. The van der Waals surface area contributed by atoms with Crippen LogP contribution in [-0.4, -0.2) is 18.0 Å².